The first-order valence-electron chi connectivity index (χ1n) is 9.71. The summed E-state index contributed by atoms with van der Waals surface area (Å²) in [7, 11) is 0. The second-order valence-corrected chi connectivity index (χ2v) is 9.14. The molecule has 0 N–H and O–H groups in total. The molecule has 2 aromatic carbocycles. The number of halogens is 2. The number of rotatable bonds is 5. The lowest BCUT2D eigenvalue weighted by Gasteiger charge is -2.22. The molecule has 0 aliphatic heterocycles. The van der Waals surface area contributed by atoms with Gasteiger partial charge in [-0.1, -0.05) is 84.1 Å². The van der Waals surface area contributed by atoms with E-state index in [4.69, 9.17) is 23.2 Å². The summed E-state index contributed by atoms with van der Waals surface area (Å²) in [4.78, 5) is 0. The first-order chi connectivity index (χ1) is 13.6. The molecular weight excluding hydrogens is 409 g/mol. The molecule has 3 aromatic rings. The lowest BCUT2D eigenvalue weighted by molar-refractivity contribution is 0.423. The Kier molecular flexibility index (Phi) is 6.29. The van der Waals surface area contributed by atoms with Crippen molar-refractivity contribution >= 4 is 35.0 Å². The molecule has 0 spiro atoms. The highest BCUT2D eigenvalue weighted by molar-refractivity contribution is 7.98. The summed E-state index contributed by atoms with van der Waals surface area (Å²) < 4.78 is 2.18. The van der Waals surface area contributed by atoms with Gasteiger partial charge in [0.2, 0.25) is 0 Å². The third-order valence-corrected chi connectivity index (χ3v) is 6.98. The summed E-state index contributed by atoms with van der Waals surface area (Å²) in [5, 5.41) is 11.2. The zero-order valence-electron chi connectivity index (χ0n) is 15.9. The predicted octanol–water partition coefficient (Wildman–Crippen LogP) is 7.22. The molecule has 0 saturated heterocycles. The Morgan fingerprint density at radius 2 is 1.82 bits per heavy atom. The zero-order chi connectivity index (χ0) is 19.5. The predicted molar refractivity (Wildman–Crippen MR) is 118 cm³/mol. The van der Waals surface area contributed by atoms with Crippen LogP contribution in [0.15, 0.2) is 47.6 Å². The average molecular weight is 432 g/mol. The van der Waals surface area contributed by atoms with Gasteiger partial charge in [-0.3, -0.25) is 4.57 Å². The third kappa shape index (κ3) is 4.40. The second-order valence-electron chi connectivity index (χ2n) is 7.39. The number of aryl methyl sites for hydroxylation is 1. The number of aromatic nitrogens is 3. The summed E-state index contributed by atoms with van der Waals surface area (Å²) >= 11 is 14.2. The molecule has 1 aliphatic carbocycles. The maximum Gasteiger partial charge on any atom is 0.196 e. The van der Waals surface area contributed by atoms with Crippen LogP contribution >= 0.6 is 35.0 Å². The average Bonchev–Trinajstić information content (AvgIpc) is 3.13. The monoisotopic (exact) mass is 431 g/mol. The highest BCUT2D eigenvalue weighted by atomic mass is 35.5. The minimum atomic E-state index is 0.448. The maximum absolute atomic E-state index is 6.32. The molecule has 0 unspecified atom stereocenters. The lowest BCUT2D eigenvalue weighted by atomic mass is 9.88. The number of hydrogen-bond acceptors (Lipinski definition) is 3. The van der Waals surface area contributed by atoms with Gasteiger partial charge < -0.3 is 0 Å². The Bertz CT molecular complexity index is 964. The molecule has 0 bridgehead atoms. The van der Waals surface area contributed by atoms with Gasteiger partial charge in [-0.15, -0.1) is 10.2 Å². The van der Waals surface area contributed by atoms with Crippen LogP contribution in [0.5, 0.6) is 0 Å². The standard InChI is InChI=1S/C22H23Cl2N3S/c1-15-6-5-7-16(12-15)14-28-22-26-25-21(17-8-3-2-4-9-17)27(22)18-10-11-19(23)20(24)13-18/h5-7,10-13,17H,2-4,8-9,14H2,1H3. The number of hydrogen-bond donors (Lipinski definition) is 0. The van der Waals surface area contributed by atoms with Gasteiger partial charge in [-0.2, -0.15) is 0 Å². The first kappa shape index (κ1) is 19.8. The van der Waals surface area contributed by atoms with Crippen LogP contribution in [-0.4, -0.2) is 14.8 Å². The molecule has 0 amide bonds. The zero-order valence-corrected chi connectivity index (χ0v) is 18.2. The fourth-order valence-electron chi connectivity index (χ4n) is 3.82. The quantitative estimate of drug-likeness (QED) is 0.399. The topological polar surface area (TPSA) is 30.7 Å². The van der Waals surface area contributed by atoms with Crippen LogP contribution in [-0.2, 0) is 5.75 Å². The number of thioether (sulfide) groups is 1. The van der Waals surface area contributed by atoms with Gasteiger partial charge in [0.25, 0.3) is 0 Å². The molecule has 1 aliphatic rings. The minimum absolute atomic E-state index is 0.448. The van der Waals surface area contributed by atoms with Crippen molar-refractivity contribution in [3.05, 3.63) is 69.5 Å². The van der Waals surface area contributed by atoms with Crippen molar-refractivity contribution in [2.45, 2.75) is 55.9 Å². The summed E-state index contributed by atoms with van der Waals surface area (Å²) in [6, 6.07) is 14.3. The van der Waals surface area contributed by atoms with Crippen molar-refractivity contribution in [3.8, 4) is 5.69 Å². The summed E-state index contributed by atoms with van der Waals surface area (Å²) in [5.41, 5.74) is 3.53. The van der Waals surface area contributed by atoms with Crippen LogP contribution in [0, 0.1) is 6.92 Å². The van der Waals surface area contributed by atoms with Gasteiger partial charge >= 0.3 is 0 Å². The normalized spacial score (nSPS) is 15.1. The van der Waals surface area contributed by atoms with Gasteiger partial charge in [-0.05, 0) is 43.5 Å². The molecular formula is C22H23Cl2N3S. The number of nitrogens with zero attached hydrogens (tertiary/aromatic N) is 3. The van der Waals surface area contributed by atoms with Gasteiger partial charge in [-0.25, -0.2) is 0 Å². The van der Waals surface area contributed by atoms with Gasteiger partial charge in [0.05, 0.1) is 15.7 Å². The fourth-order valence-corrected chi connectivity index (χ4v) is 5.01. The van der Waals surface area contributed by atoms with Crippen LogP contribution in [0.4, 0.5) is 0 Å². The van der Waals surface area contributed by atoms with Crippen molar-refractivity contribution < 1.29 is 0 Å². The second kappa shape index (κ2) is 8.89. The molecule has 0 atom stereocenters. The lowest BCUT2D eigenvalue weighted by Crippen LogP contribution is -2.12. The maximum atomic E-state index is 6.32. The van der Waals surface area contributed by atoms with E-state index in [-0.39, 0.29) is 0 Å². The molecule has 28 heavy (non-hydrogen) atoms. The molecule has 146 valence electrons. The minimum Gasteiger partial charge on any atom is -0.274 e. The molecule has 0 radical (unpaired) electrons. The summed E-state index contributed by atoms with van der Waals surface area (Å²) in [5.74, 6) is 2.35. The Morgan fingerprint density at radius 1 is 1.00 bits per heavy atom. The Labute approximate surface area is 180 Å². The van der Waals surface area contributed by atoms with Gasteiger partial charge in [0.1, 0.15) is 5.82 Å². The van der Waals surface area contributed by atoms with E-state index >= 15 is 0 Å². The van der Waals surface area contributed by atoms with E-state index in [1.165, 1.54) is 43.2 Å². The largest absolute Gasteiger partial charge is 0.274 e. The van der Waals surface area contributed by atoms with E-state index in [1.807, 2.05) is 18.2 Å². The molecule has 6 heteroatoms. The van der Waals surface area contributed by atoms with Crippen LogP contribution in [0.25, 0.3) is 5.69 Å². The van der Waals surface area contributed by atoms with Crippen molar-refractivity contribution in [2.75, 3.05) is 0 Å². The molecule has 4 rings (SSSR count). The van der Waals surface area contributed by atoms with Crippen LogP contribution in [0.3, 0.4) is 0 Å². The van der Waals surface area contributed by atoms with E-state index in [0.29, 0.717) is 16.0 Å². The molecule has 3 nitrogen and oxygen atoms in total. The highest BCUT2D eigenvalue weighted by Gasteiger charge is 2.24. The van der Waals surface area contributed by atoms with E-state index in [9.17, 15) is 0 Å². The van der Waals surface area contributed by atoms with Crippen molar-refractivity contribution in [1.82, 2.24) is 14.8 Å². The van der Waals surface area contributed by atoms with E-state index in [0.717, 1.165) is 22.4 Å². The Morgan fingerprint density at radius 3 is 2.57 bits per heavy atom. The number of benzene rings is 2. The third-order valence-electron chi connectivity index (χ3n) is 5.24. The molecule has 1 fully saturated rings. The highest BCUT2D eigenvalue weighted by Crippen LogP contribution is 2.36. The smallest absolute Gasteiger partial charge is 0.196 e. The van der Waals surface area contributed by atoms with Crippen molar-refractivity contribution in [2.24, 2.45) is 0 Å². The van der Waals surface area contributed by atoms with Crippen LogP contribution in [0.2, 0.25) is 10.0 Å². The summed E-state index contributed by atoms with van der Waals surface area (Å²) in [6.45, 7) is 2.12. The van der Waals surface area contributed by atoms with Crippen molar-refractivity contribution in [3.63, 3.8) is 0 Å². The van der Waals surface area contributed by atoms with Crippen LogP contribution in [0.1, 0.15) is 55.0 Å². The van der Waals surface area contributed by atoms with E-state index < -0.39 is 0 Å². The first-order valence-corrected chi connectivity index (χ1v) is 11.4. The summed E-state index contributed by atoms with van der Waals surface area (Å²) in [6.07, 6.45) is 6.16. The van der Waals surface area contributed by atoms with Crippen molar-refractivity contribution in [1.29, 1.82) is 0 Å². The Hall–Kier alpha value is -1.49. The fraction of sp³-hybridized carbons (Fsp3) is 0.364. The molecule has 1 saturated carbocycles. The molecule has 1 aromatic heterocycles. The molecule has 1 heterocycles. The van der Waals surface area contributed by atoms with Crippen LogP contribution < -0.4 is 0 Å². The van der Waals surface area contributed by atoms with E-state index in [2.05, 4.69) is 46.0 Å². The SMILES string of the molecule is Cc1cccc(CSc2nnc(C3CCCCC3)n2-c2ccc(Cl)c(Cl)c2)c1. The van der Waals surface area contributed by atoms with Gasteiger partial charge in [0.15, 0.2) is 5.16 Å². The van der Waals surface area contributed by atoms with E-state index in [1.54, 1.807) is 11.8 Å². The van der Waals surface area contributed by atoms with Gasteiger partial charge in [0, 0.05) is 11.7 Å². The Balaban J connectivity index is 1.68.